The van der Waals surface area contributed by atoms with Gasteiger partial charge >= 0.3 is 0 Å². The molecule has 0 saturated heterocycles. The maximum atomic E-state index is 11.8. The highest BCUT2D eigenvalue weighted by molar-refractivity contribution is 5.82. The number of carbonyl (C=O) groups is 1. The Hall–Kier alpha value is -2.30. The summed E-state index contributed by atoms with van der Waals surface area (Å²) in [6.45, 7) is 6.45. The second kappa shape index (κ2) is 9.87. The predicted octanol–water partition coefficient (Wildman–Crippen LogP) is 2.66. The van der Waals surface area contributed by atoms with E-state index in [0.717, 1.165) is 31.9 Å². The molecule has 1 aromatic carbocycles. The molecule has 1 atom stereocenters. The molecule has 0 bridgehead atoms. The van der Waals surface area contributed by atoms with Crippen LogP contribution in [-0.4, -0.2) is 49.5 Å². The van der Waals surface area contributed by atoms with Gasteiger partial charge < -0.3 is 15.5 Å². The Morgan fingerprint density at radius 3 is 2.68 bits per heavy atom. The van der Waals surface area contributed by atoms with Crippen molar-refractivity contribution in [2.45, 2.75) is 39.2 Å². The lowest BCUT2D eigenvalue weighted by atomic mass is 10.00. The highest BCUT2D eigenvalue weighted by Crippen LogP contribution is 2.21. The quantitative estimate of drug-likeness (QED) is 0.617. The maximum absolute atomic E-state index is 11.8. The van der Waals surface area contributed by atoms with Gasteiger partial charge in [0, 0.05) is 39.1 Å². The minimum atomic E-state index is 0.0854. The van der Waals surface area contributed by atoms with Crippen molar-refractivity contribution in [1.82, 2.24) is 15.5 Å². The summed E-state index contributed by atoms with van der Waals surface area (Å²) in [5.74, 6) is 0.946. The molecule has 0 fully saturated rings. The van der Waals surface area contributed by atoms with E-state index in [1.165, 1.54) is 11.1 Å². The van der Waals surface area contributed by atoms with E-state index in [2.05, 4.69) is 57.8 Å². The number of benzene rings is 1. The predicted molar refractivity (Wildman–Crippen MR) is 104 cm³/mol. The third-order valence-corrected chi connectivity index (χ3v) is 4.52. The summed E-state index contributed by atoms with van der Waals surface area (Å²) < 4.78 is 0. The molecule has 25 heavy (non-hydrogen) atoms. The van der Waals surface area contributed by atoms with Crippen molar-refractivity contribution in [3.63, 3.8) is 0 Å². The topological polar surface area (TPSA) is 56.7 Å². The van der Waals surface area contributed by atoms with Gasteiger partial charge in [0.25, 0.3) is 0 Å². The van der Waals surface area contributed by atoms with E-state index in [-0.39, 0.29) is 11.9 Å². The molecule has 1 unspecified atom stereocenters. The Bertz CT molecular complexity index is 609. The van der Waals surface area contributed by atoms with Crippen molar-refractivity contribution < 1.29 is 4.79 Å². The van der Waals surface area contributed by atoms with E-state index in [4.69, 9.17) is 0 Å². The van der Waals surface area contributed by atoms with E-state index in [0.29, 0.717) is 13.0 Å². The van der Waals surface area contributed by atoms with Crippen LogP contribution in [0.1, 0.15) is 38.7 Å². The van der Waals surface area contributed by atoms with Gasteiger partial charge in [0.2, 0.25) is 5.91 Å². The molecule has 0 aliphatic carbocycles. The summed E-state index contributed by atoms with van der Waals surface area (Å²) in [5, 5.41) is 6.28. The van der Waals surface area contributed by atoms with Crippen LogP contribution in [0.3, 0.4) is 0 Å². The number of amides is 1. The van der Waals surface area contributed by atoms with Crippen molar-refractivity contribution in [3.8, 4) is 0 Å². The largest absolute Gasteiger partial charge is 0.356 e. The molecule has 2 N–H and O–H groups in total. The number of carbonyl (C=O) groups excluding carboxylic acids is 1. The second-order valence-electron chi connectivity index (χ2n) is 6.39. The average molecular weight is 342 g/mol. The first-order valence-electron chi connectivity index (χ1n) is 9.13. The van der Waals surface area contributed by atoms with Gasteiger partial charge in [0.05, 0.1) is 0 Å². The normalized spacial score (nSPS) is 16.2. The number of rotatable bonds is 6. The molecule has 0 radical (unpaired) electrons. The van der Waals surface area contributed by atoms with Crippen molar-refractivity contribution in [1.29, 1.82) is 0 Å². The minimum absolute atomic E-state index is 0.0854. The number of aliphatic imine (C=N–C) groups is 1. The Morgan fingerprint density at radius 1 is 1.32 bits per heavy atom. The highest BCUT2D eigenvalue weighted by atomic mass is 16.1. The third kappa shape index (κ3) is 5.93. The van der Waals surface area contributed by atoms with E-state index < -0.39 is 0 Å². The SMILES string of the molecule is CCC(C)NC(=O)CCNC(=NC)N1CC=C(c2ccccc2)CC1. The number of hydrogen-bond acceptors (Lipinski definition) is 2. The lowest BCUT2D eigenvalue weighted by Gasteiger charge is -2.29. The first-order valence-corrected chi connectivity index (χ1v) is 9.13. The van der Waals surface area contributed by atoms with Gasteiger partial charge in [-0.25, -0.2) is 0 Å². The summed E-state index contributed by atoms with van der Waals surface area (Å²) in [4.78, 5) is 18.4. The Balaban J connectivity index is 1.80. The fourth-order valence-corrected chi connectivity index (χ4v) is 2.85. The minimum Gasteiger partial charge on any atom is -0.356 e. The zero-order chi connectivity index (χ0) is 18.1. The van der Waals surface area contributed by atoms with Gasteiger partial charge in [-0.1, -0.05) is 43.3 Å². The van der Waals surface area contributed by atoms with Crippen LogP contribution in [0.2, 0.25) is 0 Å². The van der Waals surface area contributed by atoms with Gasteiger partial charge in [-0.2, -0.15) is 0 Å². The standard InChI is InChI=1S/C20H30N4O/c1-4-16(2)23-19(25)10-13-22-20(21-3)24-14-11-18(12-15-24)17-8-6-5-7-9-17/h5-9,11,16H,4,10,12-15H2,1-3H3,(H,21,22)(H,23,25). The number of nitrogens with one attached hydrogen (secondary N) is 2. The van der Waals surface area contributed by atoms with E-state index >= 15 is 0 Å². The van der Waals surface area contributed by atoms with Crippen molar-refractivity contribution in [2.75, 3.05) is 26.7 Å². The zero-order valence-electron chi connectivity index (χ0n) is 15.6. The Kier molecular flexibility index (Phi) is 7.51. The number of nitrogens with zero attached hydrogens (tertiary/aromatic N) is 2. The summed E-state index contributed by atoms with van der Waals surface area (Å²) in [5.41, 5.74) is 2.69. The molecular weight excluding hydrogens is 312 g/mol. The lowest BCUT2D eigenvalue weighted by Crippen LogP contribution is -2.44. The van der Waals surface area contributed by atoms with Gasteiger partial charge in [-0.3, -0.25) is 9.79 Å². The van der Waals surface area contributed by atoms with E-state index in [1.807, 2.05) is 13.0 Å². The van der Waals surface area contributed by atoms with Crippen LogP contribution in [0.15, 0.2) is 41.4 Å². The van der Waals surface area contributed by atoms with Gasteiger partial charge in [0.1, 0.15) is 0 Å². The molecule has 1 aliphatic rings. The van der Waals surface area contributed by atoms with Crippen LogP contribution in [0.4, 0.5) is 0 Å². The first kappa shape index (κ1) is 19.0. The lowest BCUT2D eigenvalue weighted by molar-refractivity contribution is -0.121. The summed E-state index contributed by atoms with van der Waals surface area (Å²) >= 11 is 0. The Labute approximate surface area is 151 Å². The number of guanidine groups is 1. The average Bonchev–Trinajstić information content (AvgIpc) is 2.66. The highest BCUT2D eigenvalue weighted by Gasteiger charge is 2.16. The molecule has 1 aromatic rings. The van der Waals surface area contributed by atoms with Crippen LogP contribution in [0.5, 0.6) is 0 Å². The van der Waals surface area contributed by atoms with E-state index in [1.54, 1.807) is 7.05 Å². The molecule has 0 aromatic heterocycles. The molecule has 1 amide bonds. The summed E-state index contributed by atoms with van der Waals surface area (Å²) in [6.07, 6.45) is 4.67. The van der Waals surface area contributed by atoms with Crippen molar-refractivity contribution >= 4 is 17.4 Å². The van der Waals surface area contributed by atoms with E-state index in [9.17, 15) is 4.79 Å². The fourth-order valence-electron chi connectivity index (χ4n) is 2.85. The second-order valence-corrected chi connectivity index (χ2v) is 6.39. The van der Waals surface area contributed by atoms with Gasteiger partial charge in [-0.15, -0.1) is 0 Å². The molecule has 5 heteroatoms. The van der Waals surface area contributed by atoms with Crippen molar-refractivity contribution in [2.24, 2.45) is 4.99 Å². The van der Waals surface area contributed by atoms with Crippen LogP contribution < -0.4 is 10.6 Å². The maximum Gasteiger partial charge on any atom is 0.221 e. The first-order chi connectivity index (χ1) is 12.1. The smallest absolute Gasteiger partial charge is 0.221 e. The monoisotopic (exact) mass is 342 g/mol. The van der Waals surface area contributed by atoms with Gasteiger partial charge in [-0.05, 0) is 30.9 Å². The zero-order valence-corrected chi connectivity index (χ0v) is 15.6. The molecule has 0 saturated carbocycles. The van der Waals surface area contributed by atoms with Gasteiger partial charge in [0.15, 0.2) is 5.96 Å². The number of hydrogen-bond donors (Lipinski definition) is 2. The Morgan fingerprint density at radius 2 is 2.08 bits per heavy atom. The molecule has 1 aliphatic heterocycles. The van der Waals surface area contributed by atoms with Crippen molar-refractivity contribution in [3.05, 3.63) is 42.0 Å². The summed E-state index contributed by atoms with van der Waals surface area (Å²) in [7, 11) is 1.79. The molecule has 0 spiro atoms. The molecule has 2 rings (SSSR count). The molecule has 1 heterocycles. The fraction of sp³-hybridized carbons (Fsp3) is 0.500. The molecular formula is C20H30N4O. The van der Waals surface area contributed by atoms with Crippen LogP contribution in [-0.2, 0) is 4.79 Å². The molecule has 5 nitrogen and oxygen atoms in total. The summed E-state index contributed by atoms with van der Waals surface area (Å²) in [6, 6.07) is 10.7. The molecule has 136 valence electrons. The van der Waals surface area contributed by atoms with Crippen LogP contribution in [0, 0.1) is 0 Å². The van der Waals surface area contributed by atoms with Crippen LogP contribution >= 0.6 is 0 Å². The third-order valence-electron chi connectivity index (χ3n) is 4.52. The van der Waals surface area contributed by atoms with Crippen LogP contribution in [0.25, 0.3) is 5.57 Å².